The van der Waals surface area contributed by atoms with Gasteiger partial charge in [-0.05, 0) is 57.6 Å². The lowest BCUT2D eigenvalue weighted by Crippen LogP contribution is -2.23. The molecule has 152 valence electrons. The summed E-state index contributed by atoms with van der Waals surface area (Å²) in [6.07, 6.45) is 5.46. The number of anilines is 1. The fourth-order valence-corrected chi connectivity index (χ4v) is 5.07. The van der Waals surface area contributed by atoms with Crippen molar-refractivity contribution >= 4 is 22.3 Å². The zero-order valence-electron chi connectivity index (χ0n) is 17.1. The molecule has 6 heteroatoms. The van der Waals surface area contributed by atoms with Crippen LogP contribution in [0.15, 0.2) is 30.3 Å². The number of carbonyl (C=O) groups is 1. The maximum atomic E-state index is 13.1. The van der Waals surface area contributed by atoms with Crippen LogP contribution in [0.4, 0.5) is 5.13 Å². The Bertz CT molecular complexity index is 1020. The Morgan fingerprint density at radius 3 is 2.93 bits per heavy atom. The minimum atomic E-state index is 0.0859. The molecule has 1 atom stereocenters. The van der Waals surface area contributed by atoms with Gasteiger partial charge in [0.2, 0.25) is 0 Å². The van der Waals surface area contributed by atoms with Gasteiger partial charge in [-0.1, -0.05) is 30.7 Å². The molecule has 0 bridgehead atoms. The van der Waals surface area contributed by atoms with E-state index < -0.39 is 0 Å². The molecule has 0 amide bonds. The molecule has 0 radical (unpaired) electrons. The summed E-state index contributed by atoms with van der Waals surface area (Å²) in [5.41, 5.74) is 11.4. The second kappa shape index (κ2) is 8.49. The Hall–Kier alpha value is -2.47. The second-order valence-corrected chi connectivity index (χ2v) is 9.03. The quantitative estimate of drug-likeness (QED) is 0.669. The van der Waals surface area contributed by atoms with E-state index in [2.05, 4.69) is 49.2 Å². The lowest BCUT2D eigenvalue weighted by Gasteiger charge is -2.18. The van der Waals surface area contributed by atoms with E-state index in [-0.39, 0.29) is 5.92 Å². The van der Waals surface area contributed by atoms with Gasteiger partial charge in [-0.2, -0.15) is 5.10 Å². The number of ketones is 1. The highest BCUT2D eigenvalue weighted by molar-refractivity contribution is 7.15. The molecule has 29 heavy (non-hydrogen) atoms. The smallest absolute Gasteiger partial charge is 0.180 e. The third-order valence-electron chi connectivity index (χ3n) is 5.78. The number of rotatable bonds is 5. The minimum Gasteiger partial charge on any atom is -0.375 e. The predicted octanol–water partition coefficient (Wildman–Crippen LogP) is 4.61. The maximum Gasteiger partial charge on any atom is 0.180 e. The second-order valence-electron chi connectivity index (χ2n) is 7.92. The lowest BCUT2D eigenvalue weighted by molar-refractivity contribution is -0.124. The van der Waals surface area contributed by atoms with Gasteiger partial charge >= 0.3 is 0 Å². The molecule has 2 aromatic heterocycles. The van der Waals surface area contributed by atoms with Gasteiger partial charge in [-0.3, -0.25) is 9.48 Å². The zero-order valence-corrected chi connectivity index (χ0v) is 18.0. The van der Waals surface area contributed by atoms with Gasteiger partial charge in [0.15, 0.2) is 10.9 Å². The molecular weight excluding hydrogens is 380 g/mol. The third kappa shape index (κ3) is 4.42. The van der Waals surface area contributed by atoms with Gasteiger partial charge in [0.25, 0.3) is 0 Å². The van der Waals surface area contributed by atoms with Crippen molar-refractivity contribution in [2.75, 3.05) is 5.73 Å². The van der Waals surface area contributed by atoms with E-state index in [1.54, 1.807) is 11.3 Å². The first-order chi connectivity index (χ1) is 14.0. The molecule has 0 fully saturated rings. The number of aryl methyl sites for hydroxylation is 4. The monoisotopic (exact) mass is 408 g/mol. The van der Waals surface area contributed by atoms with Gasteiger partial charge in [-0.25, -0.2) is 4.98 Å². The number of benzene rings is 1. The Labute approximate surface area is 176 Å². The Balaban J connectivity index is 1.49. The first-order valence-corrected chi connectivity index (χ1v) is 11.3. The number of nitrogens with zero attached hydrogens (tertiary/aromatic N) is 3. The molecule has 0 spiro atoms. The van der Waals surface area contributed by atoms with Crippen molar-refractivity contribution in [1.82, 2.24) is 14.8 Å². The predicted molar refractivity (Wildman–Crippen MR) is 118 cm³/mol. The molecule has 1 aromatic carbocycles. The van der Waals surface area contributed by atoms with Crippen LogP contribution >= 0.6 is 11.3 Å². The number of nitrogen functional groups attached to an aromatic ring is 1. The van der Waals surface area contributed by atoms with Gasteiger partial charge < -0.3 is 5.73 Å². The van der Waals surface area contributed by atoms with Crippen LogP contribution in [0, 0.1) is 12.8 Å². The van der Waals surface area contributed by atoms with Crippen LogP contribution in [0.5, 0.6) is 0 Å². The van der Waals surface area contributed by atoms with Crippen LogP contribution in [0.25, 0.3) is 11.3 Å². The van der Waals surface area contributed by atoms with Crippen LogP contribution < -0.4 is 5.73 Å². The van der Waals surface area contributed by atoms with Crippen LogP contribution in [0.3, 0.4) is 0 Å². The summed E-state index contributed by atoms with van der Waals surface area (Å²) >= 11 is 1.58. The van der Waals surface area contributed by atoms with Crippen molar-refractivity contribution in [2.45, 2.75) is 58.9 Å². The summed E-state index contributed by atoms with van der Waals surface area (Å²) in [4.78, 5) is 18.8. The van der Waals surface area contributed by atoms with Gasteiger partial charge in [0, 0.05) is 22.1 Å². The molecule has 3 aromatic rings. The summed E-state index contributed by atoms with van der Waals surface area (Å²) in [5.74, 6) is 0.377. The van der Waals surface area contributed by atoms with Gasteiger partial charge in [0.1, 0.15) is 6.54 Å². The summed E-state index contributed by atoms with van der Waals surface area (Å²) in [7, 11) is 0. The summed E-state index contributed by atoms with van der Waals surface area (Å²) in [6.45, 7) is 4.56. The molecule has 0 aliphatic heterocycles. The normalized spacial score (nSPS) is 16.8. The molecule has 0 saturated carbocycles. The number of nitrogens with two attached hydrogens (primary N) is 1. The van der Waals surface area contributed by atoms with Crippen LogP contribution in [-0.2, 0) is 30.6 Å². The summed E-state index contributed by atoms with van der Waals surface area (Å²) < 4.78 is 1.91. The highest BCUT2D eigenvalue weighted by atomic mass is 32.1. The van der Waals surface area contributed by atoms with E-state index in [9.17, 15) is 4.79 Å². The van der Waals surface area contributed by atoms with Crippen molar-refractivity contribution in [3.63, 3.8) is 0 Å². The van der Waals surface area contributed by atoms with E-state index in [1.807, 2.05) is 4.68 Å². The van der Waals surface area contributed by atoms with Crippen molar-refractivity contribution in [1.29, 1.82) is 0 Å². The standard InChI is InChI=1S/C23H28N4OS/c1-3-18-13-20(17-8-4-6-15(2)12-17)26-27(18)14-21(28)16-7-5-9-19-22(11-10-16)29-23(24)25-19/h4,6,8,12-13,16H,3,5,7,9-11,14H2,1-2H3,(H2,24,25). The van der Waals surface area contributed by atoms with E-state index >= 15 is 0 Å². The summed E-state index contributed by atoms with van der Waals surface area (Å²) in [5, 5.41) is 5.43. The average molecular weight is 409 g/mol. The first-order valence-electron chi connectivity index (χ1n) is 10.4. The fourth-order valence-electron chi connectivity index (χ4n) is 4.18. The largest absolute Gasteiger partial charge is 0.375 e. The molecule has 1 aliphatic rings. The van der Waals surface area contributed by atoms with E-state index in [1.165, 1.54) is 10.4 Å². The molecule has 2 heterocycles. The number of Topliss-reactive ketones (excluding diaryl/α,β-unsaturated/α-hetero) is 1. The topological polar surface area (TPSA) is 73.8 Å². The van der Waals surface area contributed by atoms with Crippen LogP contribution in [0.2, 0.25) is 0 Å². The average Bonchev–Trinajstić information content (AvgIpc) is 3.24. The Kier molecular flexibility index (Phi) is 5.81. The Morgan fingerprint density at radius 2 is 2.14 bits per heavy atom. The minimum absolute atomic E-state index is 0.0859. The lowest BCUT2D eigenvalue weighted by atomic mass is 9.89. The Morgan fingerprint density at radius 1 is 1.28 bits per heavy atom. The SMILES string of the molecule is CCc1cc(-c2cccc(C)c2)nn1CC(=O)C1CCCc2nc(N)sc2CC1. The van der Waals surface area contributed by atoms with Crippen molar-refractivity contribution in [2.24, 2.45) is 5.92 Å². The summed E-state index contributed by atoms with van der Waals surface area (Å²) in [6, 6.07) is 10.5. The van der Waals surface area contributed by atoms with Crippen molar-refractivity contribution in [3.05, 3.63) is 52.2 Å². The number of carbonyl (C=O) groups excluding carboxylic acids is 1. The number of aromatic nitrogens is 3. The van der Waals surface area contributed by atoms with E-state index in [4.69, 9.17) is 10.8 Å². The fraction of sp³-hybridized carbons (Fsp3) is 0.435. The number of fused-ring (bicyclic) bond motifs is 1. The molecule has 1 unspecified atom stereocenters. The number of hydrogen-bond acceptors (Lipinski definition) is 5. The van der Waals surface area contributed by atoms with Crippen LogP contribution in [0.1, 0.15) is 48.0 Å². The van der Waals surface area contributed by atoms with Crippen molar-refractivity contribution in [3.8, 4) is 11.3 Å². The molecule has 1 aliphatic carbocycles. The van der Waals surface area contributed by atoms with Crippen molar-refractivity contribution < 1.29 is 4.79 Å². The zero-order chi connectivity index (χ0) is 20.4. The number of hydrogen-bond donors (Lipinski definition) is 1. The maximum absolute atomic E-state index is 13.1. The third-order valence-corrected chi connectivity index (χ3v) is 6.77. The van der Waals surface area contributed by atoms with E-state index in [0.717, 1.165) is 61.2 Å². The molecule has 4 rings (SSSR count). The molecule has 5 nitrogen and oxygen atoms in total. The van der Waals surface area contributed by atoms with Gasteiger partial charge in [-0.15, -0.1) is 11.3 Å². The van der Waals surface area contributed by atoms with Crippen LogP contribution in [-0.4, -0.2) is 20.5 Å². The highest BCUT2D eigenvalue weighted by Gasteiger charge is 2.24. The van der Waals surface area contributed by atoms with Gasteiger partial charge in [0.05, 0.1) is 11.4 Å². The molecule has 2 N–H and O–H groups in total. The first kappa shape index (κ1) is 19.8. The van der Waals surface area contributed by atoms with E-state index in [0.29, 0.717) is 17.5 Å². The highest BCUT2D eigenvalue weighted by Crippen LogP contribution is 2.30. The molecular formula is C23H28N4OS. The number of thiazole rings is 1. The molecule has 0 saturated heterocycles.